The summed E-state index contributed by atoms with van der Waals surface area (Å²) >= 11 is 0. The van der Waals surface area contributed by atoms with E-state index < -0.39 is 29.7 Å². The second-order valence-corrected chi connectivity index (χ2v) is 17.5. The Hall–Kier alpha value is -6.06. The van der Waals surface area contributed by atoms with Crippen molar-refractivity contribution in [3.63, 3.8) is 0 Å². The zero-order valence-electron chi connectivity index (χ0n) is 34.1. The number of para-hydroxylation sites is 1. The first-order valence-corrected chi connectivity index (χ1v) is 21.7. The van der Waals surface area contributed by atoms with Crippen molar-refractivity contribution in [2.24, 2.45) is 17.6 Å². The van der Waals surface area contributed by atoms with E-state index in [4.69, 9.17) is 15.6 Å². The first kappa shape index (κ1) is 39.1. The van der Waals surface area contributed by atoms with Gasteiger partial charge in [-0.05, 0) is 125 Å². The third-order valence-electron chi connectivity index (χ3n) is 13.8. The lowest BCUT2D eigenvalue weighted by atomic mass is 9.85. The van der Waals surface area contributed by atoms with Gasteiger partial charge in [0.1, 0.15) is 34.6 Å². The molecule has 2 atom stereocenters. The number of hydrogen-bond acceptors (Lipinski definition) is 11. The van der Waals surface area contributed by atoms with E-state index in [2.05, 4.69) is 30.0 Å². The van der Waals surface area contributed by atoms with E-state index in [0.29, 0.717) is 46.0 Å². The Bertz CT molecular complexity index is 2360. The molecule has 3 aromatic carbocycles. The van der Waals surface area contributed by atoms with Crippen molar-refractivity contribution >= 4 is 41.0 Å². The van der Waals surface area contributed by atoms with Crippen LogP contribution in [0.5, 0.6) is 11.5 Å². The smallest absolute Gasteiger partial charge is 0.262 e. The molecule has 1 aromatic heterocycles. The number of primary amides is 1. The van der Waals surface area contributed by atoms with Crippen LogP contribution in [0.4, 0.5) is 11.5 Å². The SMILES string of the molecule is NC(=O)c1c(-c2ccc(Oc3ccccc3)cc2)nn2c1NCC[C@H]2C1CCN(C2CCN(CC3CN(c4ccc5c(c4)C(=O)N(C4CCC(=O)NC4=O)C5=O)C3)CC2)CC1. The molecule has 0 aliphatic carbocycles. The monoisotopic (exact) mass is 825 g/mol. The minimum Gasteiger partial charge on any atom is -0.457 e. The number of anilines is 2. The van der Waals surface area contributed by atoms with Crippen LogP contribution in [0.2, 0.25) is 0 Å². The van der Waals surface area contributed by atoms with E-state index in [1.54, 1.807) is 12.1 Å². The average molecular weight is 826 g/mol. The van der Waals surface area contributed by atoms with Gasteiger partial charge in [-0.15, -0.1) is 0 Å². The van der Waals surface area contributed by atoms with Crippen molar-refractivity contribution in [2.45, 2.75) is 63.1 Å². The highest BCUT2D eigenvalue weighted by Gasteiger charge is 2.45. The first-order chi connectivity index (χ1) is 29.7. The van der Waals surface area contributed by atoms with Gasteiger partial charge in [0.05, 0.1) is 17.2 Å². The molecule has 15 nitrogen and oxygen atoms in total. The second kappa shape index (κ2) is 16.1. The molecule has 0 bridgehead atoms. The molecule has 61 heavy (non-hydrogen) atoms. The third-order valence-corrected chi connectivity index (χ3v) is 13.8. The van der Waals surface area contributed by atoms with Crippen LogP contribution in [0, 0.1) is 11.8 Å². The highest BCUT2D eigenvalue weighted by Crippen LogP contribution is 2.41. The van der Waals surface area contributed by atoms with Crippen LogP contribution in [0.3, 0.4) is 0 Å². The van der Waals surface area contributed by atoms with Crippen molar-refractivity contribution in [2.75, 3.05) is 62.6 Å². The van der Waals surface area contributed by atoms with Gasteiger partial charge in [0.15, 0.2) is 0 Å². The minimum atomic E-state index is -0.963. The molecule has 4 N–H and O–H groups in total. The molecule has 10 rings (SSSR count). The van der Waals surface area contributed by atoms with Crippen LogP contribution in [0.15, 0.2) is 72.8 Å². The number of amides is 5. The van der Waals surface area contributed by atoms with Crippen molar-refractivity contribution in [1.29, 1.82) is 0 Å². The lowest BCUT2D eigenvalue weighted by Crippen LogP contribution is -2.54. The molecule has 1 unspecified atom stereocenters. The zero-order chi connectivity index (χ0) is 41.8. The van der Waals surface area contributed by atoms with Crippen molar-refractivity contribution in [3.8, 4) is 22.8 Å². The summed E-state index contributed by atoms with van der Waals surface area (Å²) in [4.78, 5) is 72.0. The maximum atomic E-state index is 13.3. The van der Waals surface area contributed by atoms with E-state index >= 15 is 0 Å². The quantitative estimate of drug-likeness (QED) is 0.192. The number of imide groups is 2. The van der Waals surface area contributed by atoms with Gasteiger partial charge < -0.3 is 30.5 Å². The molecule has 4 fully saturated rings. The maximum absolute atomic E-state index is 13.3. The largest absolute Gasteiger partial charge is 0.457 e. The Morgan fingerprint density at radius 3 is 2.25 bits per heavy atom. The van der Waals surface area contributed by atoms with Crippen LogP contribution in [-0.2, 0) is 9.59 Å². The number of fused-ring (bicyclic) bond motifs is 2. The summed E-state index contributed by atoms with van der Waals surface area (Å²) in [6.45, 7) is 7.87. The van der Waals surface area contributed by atoms with Gasteiger partial charge in [-0.1, -0.05) is 18.2 Å². The number of carbonyl (C=O) groups is 5. The number of benzene rings is 3. The van der Waals surface area contributed by atoms with Crippen LogP contribution in [0.25, 0.3) is 11.3 Å². The predicted molar refractivity (Wildman–Crippen MR) is 227 cm³/mol. The van der Waals surface area contributed by atoms with Gasteiger partial charge in [-0.25, -0.2) is 4.68 Å². The van der Waals surface area contributed by atoms with Crippen molar-refractivity contribution in [1.82, 2.24) is 29.8 Å². The van der Waals surface area contributed by atoms with Gasteiger partial charge in [0.25, 0.3) is 17.7 Å². The summed E-state index contributed by atoms with van der Waals surface area (Å²) in [5.74, 6) is 0.756. The lowest BCUT2D eigenvalue weighted by molar-refractivity contribution is -0.136. The molecule has 7 heterocycles. The fourth-order valence-corrected chi connectivity index (χ4v) is 10.5. The Labute approximate surface area is 354 Å². The molecule has 15 heteroatoms. The molecule has 0 radical (unpaired) electrons. The van der Waals surface area contributed by atoms with Gasteiger partial charge in [0.2, 0.25) is 11.8 Å². The summed E-state index contributed by atoms with van der Waals surface area (Å²) in [6, 6.07) is 22.5. The van der Waals surface area contributed by atoms with Gasteiger partial charge in [0, 0.05) is 55.8 Å². The number of piperidine rings is 3. The Morgan fingerprint density at radius 1 is 0.803 bits per heavy atom. The summed E-state index contributed by atoms with van der Waals surface area (Å²) in [6.07, 6.45) is 5.68. The highest BCUT2D eigenvalue weighted by atomic mass is 16.5. The van der Waals surface area contributed by atoms with Crippen LogP contribution >= 0.6 is 0 Å². The number of likely N-dealkylation sites (tertiary alicyclic amines) is 2. The average Bonchev–Trinajstić information content (AvgIpc) is 3.77. The molecule has 6 aliphatic heterocycles. The molecule has 4 aromatic rings. The van der Waals surface area contributed by atoms with Crippen LogP contribution < -0.4 is 26.0 Å². The standard InChI is InChI=1S/C46H51N9O6/c47-42(57)40-41(30-6-9-34(10-7-30)61-33-4-2-1-3-5-33)50-55-37(14-19-48-43(40)55)29-15-22-52(23-16-29)31-17-20-51(21-18-31)25-28-26-53(27-28)32-8-11-35-36(24-32)46(60)54(45(35)59)38-12-13-39(56)49-44(38)58/h1-11,24,28-29,31,37-38,48H,12-23,25-27H2,(H2,47,57)(H,49,56,58)/t37-,38?/m0/s1. The zero-order valence-corrected chi connectivity index (χ0v) is 34.1. The Balaban J connectivity index is 0.702. The van der Waals surface area contributed by atoms with Crippen LogP contribution in [0.1, 0.15) is 82.1 Å². The summed E-state index contributed by atoms with van der Waals surface area (Å²) in [7, 11) is 0. The van der Waals surface area contributed by atoms with Gasteiger partial charge in [-0.2, -0.15) is 5.10 Å². The number of nitrogens with one attached hydrogen (secondary N) is 2. The second-order valence-electron chi connectivity index (χ2n) is 17.5. The first-order valence-electron chi connectivity index (χ1n) is 21.7. The normalized spacial score (nSPS) is 23.0. The fraction of sp³-hybridized carbons (Fsp3) is 0.435. The number of hydrogen-bond donors (Lipinski definition) is 3. The summed E-state index contributed by atoms with van der Waals surface area (Å²) in [5, 5.41) is 10.8. The van der Waals surface area contributed by atoms with Gasteiger partial charge in [-0.3, -0.25) is 34.2 Å². The summed E-state index contributed by atoms with van der Waals surface area (Å²) < 4.78 is 8.04. The number of aromatic nitrogens is 2. The fourth-order valence-electron chi connectivity index (χ4n) is 10.5. The minimum absolute atomic E-state index is 0.0990. The lowest BCUT2D eigenvalue weighted by Gasteiger charge is -2.46. The van der Waals surface area contributed by atoms with E-state index in [1.165, 1.54) is 0 Å². The number of ether oxygens (including phenoxy) is 1. The number of rotatable bonds is 10. The van der Waals surface area contributed by atoms with Crippen molar-refractivity contribution in [3.05, 3.63) is 89.5 Å². The molecule has 0 saturated carbocycles. The van der Waals surface area contributed by atoms with Gasteiger partial charge >= 0.3 is 0 Å². The van der Waals surface area contributed by atoms with Crippen LogP contribution in [-0.4, -0.2) is 118 Å². The van der Waals surface area contributed by atoms with E-state index in [0.717, 1.165) is 112 Å². The van der Waals surface area contributed by atoms with E-state index in [-0.39, 0.29) is 24.8 Å². The molecular formula is C46H51N9O6. The molecular weight excluding hydrogens is 775 g/mol. The topological polar surface area (TPSA) is 175 Å². The highest BCUT2D eigenvalue weighted by molar-refractivity contribution is 6.23. The maximum Gasteiger partial charge on any atom is 0.262 e. The Morgan fingerprint density at radius 2 is 1.52 bits per heavy atom. The van der Waals surface area contributed by atoms with E-state index in [9.17, 15) is 24.0 Å². The van der Waals surface area contributed by atoms with E-state index in [1.807, 2.05) is 60.7 Å². The summed E-state index contributed by atoms with van der Waals surface area (Å²) in [5.41, 5.74) is 9.41. The number of nitrogens with zero attached hydrogens (tertiary/aromatic N) is 6. The predicted octanol–water partition coefficient (Wildman–Crippen LogP) is 4.51. The third kappa shape index (κ3) is 7.43. The molecule has 4 saturated heterocycles. The van der Waals surface area contributed by atoms with Crippen molar-refractivity contribution < 1.29 is 28.7 Å². The Kier molecular flexibility index (Phi) is 10.3. The molecule has 6 aliphatic rings. The number of carbonyl (C=O) groups excluding carboxylic acids is 5. The molecule has 5 amide bonds. The molecule has 0 spiro atoms. The molecule has 316 valence electrons. The number of nitrogens with two attached hydrogens (primary N) is 1.